The summed E-state index contributed by atoms with van der Waals surface area (Å²) in [6.07, 6.45) is 0.103. The summed E-state index contributed by atoms with van der Waals surface area (Å²) < 4.78 is 1.71. The van der Waals surface area contributed by atoms with Crippen LogP contribution in [-0.4, -0.2) is 50.5 Å². The molecule has 1 aromatic carbocycles. The number of aryl methyl sites for hydroxylation is 2. The minimum Gasteiger partial charge on any atom is -0.393 e. The summed E-state index contributed by atoms with van der Waals surface area (Å²) in [6, 6.07) is 7.22. The van der Waals surface area contributed by atoms with Crippen molar-refractivity contribution in [3.63, 3.8) is 0 Å². The van der Waals surface area contributed by atoms with Crippen LogP contribution in [0.3, 0.4) is 0 Å². The van der Waals surface area contributed by atoms with E-state index in [1.54, 1.807) is 23.6 Å². The van der Waals surface area contributed by atoms with E-state index in [2.05, 4.69) is 15.4 Å². The van der Waals surface area contributed by atoms with Crippen molar-refractivity contribution in [2.45, 2.75) is 33.3 Å². The number of carbonyl (C=O) groups is 1. The van der Waals surface area contributed by atoms with Crippen LogP contribution >= 0.6 is 0 Å². The first-order chi connectivity index (χ1) is 10.9. The molecule has 124 valence electrons. The van der Waals surface area contributed by atoms with Crippen molar-refractivity contribution in [1.82, 2.24) is 19.7 Å². The van der Waals surface area contributed by atoms with E-state index in [0.717, 1.165) is 11.5 Å². The van der Waals surface area contributed by atoms with Gasteiger partial charge in [-0.15, -0.1) is 0 Å². The Bertz CT molecular complexity index is 681. The summed E-state index contributed by atoms with van der Waals surface area (Å²) in [5, 5.41) is 16.6. The van der Waals surface area contributed by atoms with Crippen molar-refractivity contribution >= 4 is 11.7 Å². The van der Waals surface area contributed by atoms with Crippen LogP contribution in [0.15, 0.2) is 24.3 Å². The summed E-state index contributed by atoms with van der Waals surface area (Å²) in [7, 11) is 1.70. The van der Waals surface area contributed by atoms with Gasteiger partial charge in [0, 0.05) is 13.6 Å². The number of urea groups is 1. The third kappa shape index (κ3) is 4.29. The second-order valence-corrected chi connectivity index (χ2v) is 5.62. The Morgan fingerprint density at radius 1 is 1.39 bits per heavy atom. The fourth-order valence-corrected chi connectivity index (χ4v) is 2.21. The number of aliphatic hydroxyl groups is 1. The Morgan fingerprint density at radius 2 is 2.09 bits per heavy atom. The highest BCUT2D eigenvalue weighted by atomic mass is 16.3. The van der Waals surface area contributed by atoms with Gasteiger partial charge in [0.05, 0.1) is 17.5 Å². The van der Waals surface area contributed by atoms with E-state index in [-0.39, 0.29) is 6.03 Å². The van der Waals surface area contributed by atoms with Crippen LogP contribution in [0.5, 0.6) is 0 Å². The van der Waals surface area contributed by atoms with E-state index in [0.29, 0.717) is 24.5 Å². The molecule has 1 atom stereocenters. The fourth-order valence-electron chi connectivity index (χ4n) is 2.21. The van der Waals surface area contributed by atoms with Gasteiger partial charge in [0.25, 0.3) is 0 Å². The highest BCUT2D eigenvalue weighted by Gasteiger charge is 2.14. The number of carbonyl (C=O) groups excluding carboxylic acids is 1. The number of aromatic nitrogens is 3. The molecule has 7 nitrogen and oxygen atoms in total. The molecule has 0 aliphatic rings. The number of hydrogen-bond donors (Lipinski definition) is 2. The molecule has 0 saturated carbocycles. The molecule has 2 rings (SSSR count). The van der Waals surface area contributed by atoms with Crippen LogP contribution in [0.4, 0.5) is 10.5 Å². The molecule has 0 aliphatic carbocycles. The van der Waals surface area contributed by atoms with E-state index >= 15 is 0 Å². The van der Waals surface area contributed by atoms with Gasteiger partial charge in [0.1, 0.15) is 11.6 Å². The number of amides is 2. The number of nitrogens with one attached hydrogen (secondary N) is 1. The monoisotopic (exact) mass is 317 g/mol. The second-order valence-electron chi connectivity index (χ2n) is 5.62. The van der Waals surface area contributed by atoms with E-state index in [1.165, 1.54) is 0 Å². The molecule has 2 aromatic rings. The van der Waals surface area contributed by atoms with Gasteiger partial charge in [-0.3, -0.25) is 0 Å². The van der Waals surface area contributed by atoms with E-state index in [4.69, 9.17) is 0 Å². The molecular weight excluding hydrogens is 294 g/mol. The van der Waals surface area contributed by atoms with Gasteiger partial charge in [0.15, 0.2) is 0 Å². The van der Waals surface area contributed by atoms with Crippen LogP contribution in [0, 0.1) is 13.8 Å². The minimum atomic E-state index is -0.432. The minimum absolute atomic E-state index is 0.229. The molecular formula is C16H23N5O2. The Hall–Kier alpha value is -2.41. The molecule has 0 bridgehead atoms. The van der Waals surface area contributed by atoms with Crippen LogP contribution in [0.1, 0.15) is 25.0 Å². The number of anilines is 1. The van der Waals surface area contributed by atoms with E-state index in [1.807, 2.05) is 38.1 Å². The zero-order valence-electron chi connectivity index (χ0n) is 13.9. The van der Waals surface area contributed by atoms with E-state index in [9.17, 15) is 9.90 Å². The van der Waals surface area contributed by atoms with E-state index < -0.39 is 6.10 Å². The van der Waals surface area contributed by atoms with Crippen molar-refractivity contribution in [3.8, 4) is 5.69 Å². The highest BCUT2D eigenvalue weighted by molar-refractivity contribution is 5.91. The van der Waals surface area contributed by atoms with Gasteiger partial charge in [-0.25, -0.2) is 14.5 Å². The number of benzene rings is 1. The van der Waals surface area contributed by atoms with Crippen LogP contribution in [-0.2, 0) is 0 Å². The topological polar surface area (TPSA) is 83.3 Å². The van der Waals surface area contributed by atoms with Crippen LogP contribution in [0.25, 0.3) is 5.69 Å². The van der Waals surface area contributed by atoms with Crippen molar-refractivity contribution in [2.75, 3.05) is 18.9 Å². The van der Waals surface area contributed by atoms with Gasteiger partial charge in [-0.1, -0.05) is 12.1 Å². The molecule has 2 N–H and O–H groups in total. The van der Waals surface area contributed by atoms with Crippen molar-refractivity contribution in [1.29, 1.82) is 0 Å². The third-order valence-electron chi connectivity index (χ3n) is 3.48. The first kappa shape index (κ1) is 17.0. The van der Waals surface area contributed by atoms with Gasteiger partial charge in [-0.2, -0.15) is 5.10 Å². The van der Waals surface area contributed by atoms with Crippen LogP contribution in [0.2, 0.25) is 0 Å². The normalized spacial score (nSPS) is 12.0. The first-order valence-electron chi connectivity index (χ1n) is 7.58. The SMILES string of the molecule is Cc1nc(C)n(-c2ccccc2NC(=O)N(C)CCC(C)O)n1. The molecule has 0 radical (unpaired) electrons. The van der Waals surface area contributed by atoms with Crippen molar-refractivity contribution in [2.24, 2.45) is 0 Å². The third-order valence-corrected chi connectivity index (χ3v) is 3.48. The molecule has 2 amide bonds. The molecule has 1 unspecified atom stereocenters. The molecule has 1 aromatic heterocycles. The molecule has 7 heteroatoms. The first-order valence-corrected chi connectivity index (χ1v) is 7.58. The standard InChI is InChI=1S/C16H23N5O2/c1-11(22)9-10-20(4)16(23)18-14-7-5-6-8-15(14)21-13(3)17-12(2)19-21/h5-8,11,22H,9-10H2,1-4H3,(H,18,23). The van der Waals surface area contributed by atoms with Gasteiger partial charge in [-0.05, 0) is 39.3 Å². The Kier molecular flexibility index (Phi) is 5.33. The average Bonchev–Trinajstić information content (AvgIpc) is 2.83. The maximum Gasteiger partial charge on any atom is 0.321 e. The smallest absolute Gasteiger partial charge is 0.321 e. The lowest BCUT2D eigenvalue weighted by Gasteiger charge is -2.20. The lowest BCUT2D eigenvalue weighted by Crippen LogP contribution is -2.33. The summed E-state index contributed by atoms with van der Waals surface area (Å²) >= 11 is 0. The predicted octanol–water partition coefficient (Wildman–Crippen LogP) is 2.12. The molecule has 23 heavy (non-hydrogen) atoms. The largest absolute Gasteiger partial charge is 0.393 e. The summed E-state index contributed by atoms with van der Waals surface area (Å²) in [4.78, 5) is 18.1. The number of para-hydroxylation sites is 2. The number of aliphatic hydroxyl groups excluding tert-OH is 1. The number of rotatable bonds is 5. The average molecular weight is 317 g/mol. The molecule has 1 heterocycles. The molecule has 0 saturated heterocycles. The zero-order chi connectivity index (χ0) is 17.0. The summed E-state index contributed by atoms with van der Waals surface area (Å²) in [5.74, 6) is 1.43. The maximum atomic E-state index is 12.3. The Morgan fingerprint density at radius 3 is 2.70 bits per heavy atom. The molecule has 0 spiro atoms. The van der Waals surface area contributed by atoms with Crippen LogP contribution < -0.4 is 5.32 Å². The maximum absolute atomic E-state index is 12.3. The molecule has 0 aliphatic heterocycles. The lowest BCUT2D eigenvalue weighted by molar-refractivity contribution is 0.167. The van der Waals surface area contributed by atoms with Gasteiger partial charge < -0.3 is 15.3 Å². The highest BCUT2D eigenvalue weighted by Crippen LogP contribution is 2.20. The van der Waals surface area contributed by atoms with Crippen molar-refractivity contribution < 1.29 is 9.90 Å². The molecule has 0 fully saturated rings. The van der Waals surface area contributed by atoms with Crippen molar-refractivity contribution in [3.05, 3.63) is 35.9 Å². The lowest BCUT2D eigenvalue weighted by atomic mass is 10.2. The summed E-state index contributed by atoms with van der Waals surface area (Å²) in [6.45, 7) is 5.88. The van der Waals surface area contributed by atoms with Gasteiger partial charge in [0.2, 0.25) is 0 Å². The predicted molar refractivity (Wildman–Crippen MR) is 88.8 cm³/mol. The number of nitrogens with zero attached hydrogens (tertiary/aromatic N) is 4. The Balaban J connectivity index is 2.18. The number of hydrogen-bond acceptors (Lipinski definition) is 4. The summed E-state index contributed by atoms with van der Waals surface area (Å²) in [5.41, 5.74) is 1.43. The quantitative estimate of drug-likeness (QED) is 0.885. The Labute approximate surface area is 136 Å². The second kappa shape index (κ2) is 7.23. The fraction of sp³-hybridized carbons (Fsp3) is 0.438. The zero-order valence-corrected chi connectivity index (χ0v) is 13.9. The van der Waals surface area contributed by atoms with Gasteiger partial charge >= 0.3 is 6.03 Å².